The maximum absolute atomic E-state index is 4.37. The topological polar surface area (TPSA) is 12.9 Å². The highest BCUT2D eigenvalue weighted by Crippen LogP contribution is 2.30. The van der Waals surface area contributed by atoms with Crippen molar-refractivity contribution in [3.63, 3.8) is 0 Å². The maximum Gasteiger partial charge on any atom is 0.0387 e. The van der Waals surface area contributed by atoms with Crippen LogP contribution < -0.4 is 0 Å². The third-order valence-corrected chi connectivity index (χ3v) is 4.77. The van der Waals surface area contributed by atoms with Crippen molar-refractivity contribution in [1.29, 1.82) is 0 Å². The molecule has 0 fully saturated rings. The molecule has 2 aromatic rings. The molecular formula is C16H17NS2. The van der Waals surface area contributed by atoms with Crippen molar-refractivity contribution in [2.45, 2.75) is 20.3 Å². The summed E-state index contributed by atoms with van der Waals surface area (Å²) in [6, 6.07) is 4.39. The number of thioether (sulfide) groups is 1. The van der Waals surface area contributed by atoms with E-state index in [0.29, 0.717) is 0 Å². The Hall–Kier alpha value is -1.32. The van der Waals surface area contributed by atoms with Crippen molar-refractivity contribution in [3.8, 4) is 10.4 Å². The molecule has 0 N–H and O–H groups in total. The molecular weight excluding hydrogens is 270 g/mol. The zero-order chi connectivity index (χ0) is 13.7. The first kappa shape index (κ1) is 14.1. The zero-order valence-electron chi connectivity index (χ0n) is 11.2. The van der Waals surface area contributed by atoms with Crippen LogP contribution in [0.25, 0.3) is 10.4 Å². The van der Waals surface area contributed by atoms with E-state index in [9.17, 15) is 0 Å². The fraction of sp³-hybridized carbons (Fsp3) is 0.188. The number of hydrogen-bond donors (Lipinski definition) is 0. The van der Waals surface area contributed by atoms with Crippen molar-refractivity contribution >= 4 is 23.1 Å². The third kappa shape index (κ3) is 3.58. The van der Waals surface area contributed by atoms with Crippen LogP contribution in [0.2, 0.25) is 0 Å². The molecule has 0 amide bonds. The lowest BCUT2D eigenvalue weighted by molar-refractivity contribution is 1.18. The van der Waals surface area contributed by atoms with E-state index in [4.69, 9.17) is 0 Å². The quantitative estimate of drug-likeness (QED) is 0.726. The van der Waals surface area contributed by atoms with Gasteiger partial charge in [0.1, 0.15) is 0 Å². The summed E-state index contributed by atoms with van der Waals surface area (Å²) in [6.07, 6.45) is 6.94. The molecule has 0 atom stereocenters. The monoisotopic (exact) mass is 287 g/mol. The van der Waals surface area contributed by atoms with E-state index in [1.807, 2.05) is 17.8 Å². The second-order valence-electron chi connectivity index (χ2n) is 4.23. The van der Waals surface area contributed by atoms with E-state index in [2.05, 4.69) is 49.0 Å². The normalized spacial score (nSPS) is 11.6. The summed E-state index contributed by atoms with van der Waals surface area (Å²) in [4.78, 5) is 6.99. The molecule has 0 bridgehead atoms. The van der Waals surface area contributed by atoms with Crippen LogP contribution in [-0.2, 0) is 6.42 Å². The smallest absolute Gasteiger partial charge is 0.0387 e. The molecule has 0 saturated carbocycles. The Morgan fingerprint density at radius 1 is 1.47 bits per heavy atom. The van der Waals surface area contributed by atoms with Crippen LogP contribution >= 0.6 is 23.1 Å². The van der Waals surface area contributed by atoms with E-state index in [1.165, 1.54) is 26.5 Å². The molecule has 0 spiro atoms. The lowest BCUT2D eigenvalue weighted by Gasteiger charge is -2.06. The van der Waals surface area contributed by atoms with Gasteiger partial charge in [-0.1, -0.05) is 12.7 Å². The van der Waals surface area contributed by atoms with Crippen LogP contribution in [0.3, 0.4) is 0 Å². The standard InChI is InChI=1S/C16H17NS2/c1-4-15(18-5-2)9-13-8-14(11-17-10-13)16-12(3)6-7-19-16/h4-8,10-11H,2,9H2,1,3H3/b15-4+. The Bertz CT molecular complexity index is 596. The van der Waals surface area contributed by atoms with Gasteiger partial charge in [-0.05, 0) is 52.8 Å². The zero-order valence-corrected chi connectivity index (χ0v) is 12.9. The molecule has 0 radical (unpaired) electrons. The second kappa shape index (κ2) is 6.73. The summed E-state index contributed by atoms with van der Waals surface area (Å²) < 4.78 is 0. The summed E-state index contributed by atoms with van der Waals surface area (Å²) in [5.41, 5.74) is 3.77. The van der Waals surface area contributed by atoms with Gasteiger partial charge in [-0.25, -0.2) is 0 Å². The second-order valence-corrected chi connectivity index (χ2v) is 6.24. The predicted octanol–water partition coefficient (Wildman–Crippen LogP) is 5.44. The molecule has 0 unspecified atom stereocenters. The van der Waals surface area contributed by atoms with Gasteiger partial charge in [-0.2, -0.15) is 0 Å². The fourth-order valence-corrected chi connectivity index (χ4v) is 3.41. The number of nitrogens with zero attached hydrogens (tertiary/aromatic N) is 1. The van der Waals surface area contributed by atoms with Gasteiger partial charge in [0.25, 0.3) is 0 Å². The van der Waals surface area contributed by atoms with E-state index >= 15 is 0 Å². The van der Waals surface area contributed by atoms with Crippen molar-refractivity contribution in [2.24, 2.45) is 0 Å². The molecule has 98 valence electrons. The van der Waals surface area contributed by atoms with Crippen molar-refractivity contribution in [1.82, 2.24) is 4.98 Å². The van der Waals surface area contributed by atoms with Crippen LogP contribution in [0.5, 0.6) is 0 Å². The molecule has 3 heteroatoms. The van der Waals surface area contributed by atoms with Gasteiger partial charge in [0.2, 0.25) is 0 Å². The van der Waals surface area contributed by atoms with Crippen LogP contribution in [-0.4, -0.2) is 4.98 Å². The average molecular weight is 287 g/mol. The number of thiophene rings is 1. The van der Waals surface area contributed by atoms with Crippen LogP contribution in [0.4, 0.5) is 0 Å². The van der Waals surface area contributed by atoms with Gasteiger partial charge in [0, 0.05) is 29.3 Å². The minimum atomic E-state index is 0.915. The molecule has 2 aromatic heterocycles. The number of pyridine rings is 1. The van der Waals surface area contributed by atoms with Gasteiger partial charge in [0.05, 0.1) is 0 Å². The molecule has 0 saturated heterocycles. The molecule has 1 nitrogen and oxygen atoms in total. The van der Waals surface area contributed by atoms with Gasteiger partial charge in [-0.15, -0.1) is 23.1 Å². The molecule has 2 heterocycles. The lowest BCUT2D eigenvalue weighted by Crippen LogP contribution is -1.89. The van der Waals surface area contributed by atoms with E-state index in [-0.39, 0.29) is 0 Å². The number of rotatable bonds is 5. The Kier molecular flexibility index (Phi) is 5.00. The first-order valence-corrected chi connectivity index (χ1v) is 7.91. The van der Waals surface area contributed by atoms with Gasteiger partial charge >= 0.3 is 0 Å². The molecule has 0 aliphatic rings. The summed E-state index contributed by atoms with van der Waals surface area (Å²) in [7, 11) is 0. The summed E-state index contributed by atoms with van der Waals surface area (Å²) in [5.74, 6) is 0. The molecule has 2 rings (SSSR count). The molecule has 0 aliphatic heterocycles. The van der Waals surface area contributed by atoms with Gasteiger partial charge < -0.3 is 0 Å². The molecule has 0 aromatic carbocycles. The molecule has 19 heavy (non-hydrogen) atoms. The Balaban J connectivity index is 2.25. The summed E-state index contributed by atoms with van der Waals surface area (Å²) >= 11 is 3.45. The number of hydrogen-bond acceptors (Lipinski definition) is 3. The van der Waals surface area contributed by atoms with Crippen LogP contribution in [0, 0.1) is 6.92 Å². The summed E-state index contributed by atoms with van der Waals surface area (Å²) in [6.45, 7) is 7.97. The minimum Gasteiger partial charge on any atom is -0.264 e. The number of aryl methyl sites for hydroxylation is 1. The number of allylic oxidation sites excluding steroid dienone is 2. The largest absolute Gasteiger partial charge is 0.264 e. The van der Waals surface area contributed by atoms with E-state index in [1.54, 1.807) is 23.1 Å². The maximum atomic E-state index is 4.37. The SMILES string of the molecule is C=CS/C(=C/C)Cc1cncc(-c2sccc2C)c1. The lowest BCUT2D eigenvalue weighted by atomic mass is 10.1. The first-order chi connectivity index (χ1) is 9.24. The van der Waals surface area contributed by atoms with Crippen LogP contribution in [0.1, 0.15) is 18.1 Å². The van der Waals surface area contributed by atoms with E-state index < -0.39 is 0 Å². The Labute approximate surface area is 123 Å². The van der Waals surface area contributed by atoms with Gasteiger partial charge in [-0.3, -0.25) is 4.98 Å². The van der Waals surface area contributed by atoms with Crippen LogP contribution in [0.15, 0.2) is 52.9 Å². The van der Waals surface area contributed by atoms with Crippen molar-refractivity contribution in [3.05, 3.63) is 64.0 Å². The number of aromatic nitrogens is 1. The first-order valence-electron chi connectivity index (χ1n) is 6.15. The highest BCUT2D eigenvalue weighted by Gasteiger charge is 2.06. The highest BCUT2D eigenvalue weighted by atomic mass is 32.2. The van der Waals surface area contributed by atoms with E-state index in [0.717, 1.165) is 6.42 Å². The fourth-order valence-electron chi connectivity index (χ4n) is 1.90. The molecule has 0 aliphatic carbocycles. The summed E-state index contributed by atoms with van der Waals surface area (Å²) in [5, 5.41) is 4.00. The Morgan fingerprint density at radius 2 is 2.32 bits per heavy atom. The average Bonchev–Trinajstić information content (AvgIpc) is 2.85. The highest BCUT2D eigenvalue weighted by molar-refractivity contribution is 8.05. The van der Waals surface area contributed by atoms with Crippen molar-refractivity contribution in [2.75, 3.05) is 0 Å². The van der Waals surface area contributed by atoms with Gasteiger partial charge in [0.15, 0.2) is 0 Å². The van der Waals surface area contributed by atoms with Crippen molar-refractivity contribution < 1.29 is 0 Å². The third-order valence-electron chi connectivity index (χ3n) is 2.85. The minimum absolute atomic E-state index is 0.915. The predicted molar refractivity (Wildman–Crippen MR) is 87.5 cm³/mol. The Morgan fingerprint density at radius 3 is 2.95 bits per heavy atom.